The molecule has 0 aromatic heterocycles. The van der Waals surface area contributed by atoms with E-state index < -0.39 is 5.41 Å². The maximum Gasteiger partial charge on any atom is 0.177 e. The first-order valence-corrected chi connectivity index (χ1v) is 22.2. The van der Waals surface area contributed by atoms with Crippen molar-refractivity contribution >= 4 is 22.0 Å². The van der Waals surface area contributed by atoms with Crippen LogP contribution in [0.1, 0.15) is 66.3 Å². The van der Waals surface area contributed by atoms with Crippen LogP contribution in [0.15, 0.2) is 211 Å². The fraction of sp³-hybridized carbons (Fsp3) is 0.119. The number of para-hydroxylation sites is 1. The third-order valence-electron chi connectivity index (χ3n) is 14.0. The summed E-state index contributed by atoms with van der Waals surface area (Å²) in [5.41, 5.74) is 18.8. The van der Waals surface area contributed by atoms with E-state index in [-0.39, 0.29) is 0 Å². The van der Waals surface area contributed by atoms with Gasteiger partial charge in [-0.25, -0.2) is 0 Å². The molecule has 1 heterocycles. The maximum atomic E-state index is 7.10. The molecule has 0 saturated heterocycles. The van der Waals surface area contributed by atoms with Gasteiger partial charge in [0.05, 0.1) is 5.41 Å². The minimum Gasteiger partial charge on any atom is -0.449 e. The summed E-state index contributed by atoms with van der Waals surface area (Å²) in [6, 6.07) is 53.2. The van der Waals surface area contributed by atoms with Gasteiger partial charge in [0.15, 0.2) is 23.0 Å². The van der Waals surface area contributed by atoms with E-state index in [0.29, 0.717) is 0 Å². The Labute approximate surface area is 362 Å². The molecular weight excluding hydrogens is 755 g/mol. The van der Waals surface area contributed by atoms with Gasteiger partial charge < -0.3 is 14.4 Å². The average molecular weight is 798 g/mol. The molecule has 0 N–H and O–H groups in total. The minimum absolute atomic E-state index is 0.450. The van der Waals surface area contributed by atoms with E-state index in [9.17, 15) is 0 Å². The van der Waals surface area contributed by atoms with Crippen molar-refractivity contribution in [3.63, 3.8) is 0 Å². The number of anilines is 1. The number of hydrogen-bond donors (Lipinski definition) is 0. The summed E-state index contributed by atoms with van der Waals surface area (Å²) < 4.78 is 13.9. The first-order chi connectivity index (χ1) is 30.7. The van der Waals surface area contributed by atoms with Gasteiger partial charge in [0.25, 0.3) is 0 Å². The Morgan fingerprint density at radius 1 is 0.452 bits per heavy atom. The Hall–Kier alpha value is -7.36. The smallest absolute Gasteiger partial charge is 0.177 e. The lowest BCUT2D eigenvalue weighted by atomic mass is 9.70. The van der Waals surface area contributed by atoms with E-state index in [0.717, 1.165) is 67.1 Å². The molecule has 0 amide bonds. The van der Waals surface area contributed by atoms with Crippen LogP contribution in [-0.2, 0) is 5.41 Å². The molecule has 3 nitrogen and oxygen atoms in total. The van der Waals surface area contributed by atoms with Crippen LogP contribution in [0.4, 0.5) is 5.69 Å². The lowest BCUT2D eigenvalue weighted by Gasteiger charge is -2.34. The molecule has 0 fully saturated rings. The lowest BCUT2D eigenvalue weighted by Crippen LogP contribution is -2.26. The quantitative estimate of drug-likeness (QED) is 0.173. The van der Waals surface area contributed by atoms with Crippen LogP contribution in [0.3, 0.4) is 0 Å². The first-order valence-electron chi connectivity index (χ1n) is 22.2. The summed E-state index contributed by atoms with van der Waals surface area (Å²) in [5.74, 6) is 3.03. The van der Waals surface area contributed by atoms with Crippen molar-refractivity contribution in [2.24, 2.45) is 0 Å². The third-order valence-corrected chi connectivity index (χ3v) is 14.0. The normalized spacial score (nSPS) is 17.1. The molecule has 296 valence electrons. The van der Waals surface area contributed by atoms with Crippen molar-refractivity contribution in [1.29, 1.82) is 0 Å². The summed E-state index contributed by atoms with van der Waals surface area (Å²) in [6.07, 6.45) is 22.3. The van der Waals surface area contributed by atoms with E-state index in [1.54, 1.807) is 0 Å². The van der Waals surface area contributed by atoms with Gasteiger partial charge in [-0.3, -0.25) is 0 Å². The fourth-order valence-corrected chi connectivity index (χ4v) is 11.3. The van der Waals surface area contributed by atoms with Crippen molar-refractivity contribution < 1.29 is 9.47 Å². The zero-order valence-electron chi connectivity index (χ0n) is 34.4. The first kappa shape index (κ1) is 35.4. The molecule has 7 aromatic rings. The number of ether oxygens (including phenoxy) is 2. The monoisotopic (exact) mass is 797 g/mol. The second kappa shape index (κ2) is 13.8. The summed E-state index contributed by atoms with van der Waals surface area (Å²) in [5, 5.41) is 2.50. The predicted molar refractivity (Wildman–Crippen MR) is 253 cm³/mol. The Kier molecular flexibility index (Phi) is 7.90. The molecular formula is C59H43NO2. The molecule has 13 rings (SSSR count). The number of nitrogens with zero attached hydrogens (tertiary/aromatic N) is 1. The second-order valence-corrected chi connectivity index (χ2v) is 17.2. The fourth-order valence-electron chi connectivity index (χ4n) is 11.3. The van der Waals surface area contributed by atoms with Crippen molar-refractivity contribution in [3.05, 3.63) is 238 Å². The molecule has 0 radical (unpaired) electrons. The highest BCUT2D eigenvalue weighted by Crippen LogP contribution is 2.65. The molecule has 0 bridgehead atoms. The SMILES string of the molecule is C1=CCCC(C2=C(N(C3=CC=C(c4cccc5c4Oc4cc6c(cc4O5)-c4ccccc4C64c5ccccc5-c5ccccc54)CC3)c3ccc4ccccc4c3)C=CCC2)=C1. The van der Waals surface area contributed by atoms with Crippen LogP contribution >= 0.6 is 0 Å². The van der Waals surface area contributed by atoms with Gasteiger partial charge >= 0.3 is 0 Å². The second-order valence-electron chi connectivity index (χ2n) is 17.2. The van der Waals surface area contributed by atoms with Crippen molar-refractivity contribution in [3.8, 4) is 45.3 Å². The maximum absolute atomic E-state index is 7.10. The van der Waals surface area contributed by atoms with Gasteiger partial charge in [0, 0.05) is 22.6 Å². The lowest BCUT2D eigenvalue weighted by molar-refractivity contribution is 0.358. The molecule has 7 aromatic carbocycles. The topological polar surface area (TPSA) is 21.7 Å². The van der Waals surface area contributed by atoms with Gasteiger partial charge in [-0.2, -0.15) is 0 Å². The van der Waals surface area contributed by atoms with Crippen LogP contribution in [0.25, 0.3) is 38.6 Å². The zero-order chi connectivity index (χ0) is 40.8. The largest absolute Gasteiger partial charge is 0.449 e. The van der Waals surface area contributed by atoms with Crippen molar-refractivity contribution in [1.82, 2.24) is 0 Å². The van der Waals surface area contributed by atoms with Gasteiger partial charge in [0.2, 0.25) is 0 Å². The third kappa shape index (κ3) is 5.18. The van der Waals surface area contributed by atoms with Crippen LogP contribution in [0.5, 0.6) is 23.0 Å². The number of allylic oxidation sites excluding steroid dienone is 11. The summed E-state index contributed by atoms with van der Waals surface area (Å²) in [7, 11) is 0. The molecule has 6 aliphatic rings. The summed E-state index contributed by atoms with van der Waals surface area (Å²) >= 11 is 0. The number of fused-ring (bicyclic) bond motifs is 13. The highest BCUT2D eigenvalue weighted by Gasteiger charge is 2.52. The Balaban J connectivity index is 0.911. The van der Waals surface area contributed by atoms with Crippen molar-refractivity contribution in [2.75, 3.05) is 4.90 Å². The van der Waals surface area contributed by atoms with E-state index in [1.165, 1.54) is 89.1 Å². The van der Waals surface area contributed by atoms with Crippen LogP contribution in [0.2, 0.25) is 0 Å². The Morgan fingerprint density at radius 2 is 1.15 bits per heavy atom. The van der Waals surface area contributed by atoms with Gasteiger partial charge in [-0.15, -0.1) is 0 Å². The molecule has 0 saturated carbocycles. The molecule has 5 aliphatic carbocycles. The van der Waals surface area contributed by atoms with Crippen LogP contribution in [-0.4, -0.2) is 0 Å². The van der Waals surface area contributed by atoms with Crippen molar-refractivity contribution in [2.45, 2.75) is 43.9 Å². The molecule has 0 unspecified atom stereocenters. The average Bonchev–Trinajstić information content (AvgIpc) is 3.80. The highest BCUT2D eigenvalue weighted by atomic mass is 16.6. The van der Waals surface area contributed by atoms with Crippen LogP contribution in [0, 0.1) is 0 Å². The Bertz CT molecular complexity index is 3210. The van der Waals surface area contributed by atoms with E-state index in [4.69, 9.17) is 9.47 Å². The zero-order valence-corrected chi connectivity index (χ0v) is 34.4. The highest BCUT2D eigenvalue weighted by molar-refractivity contribution is 5.96. The van der Waals surface area contributed by atoms with E-state index in [1.807, 2.05) is 6.07 Å². The summed E-state index contributed by atoms with van der Waals surface area (Å²) in [4.78, 5) is 2.54. The Morgan fingerprint density at radius 3 is 1.89 bits per heavy atom. The standard InChI is InChI=1S/C59H43NO2/c1-2-16-39(17-3-1)44-19-9-13-27-54(44)60(43-34-29-38-15-4-5-18-41(38)35-43)42-32-30-40(31-33-42)45-23-14-28-55-58(45)62-57-37-53-49(36-56(57)61-55)48-22-8-12-26-52(48)59(53)50-24-10-6-20-46(50)47-21-7-11-25-51(47)59/h1-2,4-8,10-16,18,20-30,32,34-37H,3,9,17,19,31,33H2. The summed E-state index contributed by atoms with van der Waals surface area (Å²) in [6.45, 7) is 0. The molecule has 62 heavy (non-hydrogen) atoms. The molecule has 3 heteroatoms. The molecule has 1 aliphatic heterocycles. The number of benzene rings is 7. The minimum atomic E-state index is -0.450. The number of hydrogen-bond acceptors (Lipinski definition) is 3. The van der Waals surface area contributed by atoms with E-state index in [2.05, 4.69) is 187 Å². The molecule has 0 atom stereocenters. The van der Waals surface area contributed by atoms with Gasteiger partial charge in [0.1, 0.15) is 0 Å². The predicted octanol–water partition coefficient (Wildman–Crippen LogP) is 15.5. The van der Waals surface area contributed by atoms with Gasteiger partial charge in [-0.1, -0.05) is 146 Å². The number of rotatable bonds is 5. The van der Waals surface area contributed by atoms with Crippen LogP contribution < -0.4 is 14.4 Å². The molecule has 1 spiro atoms. The van der Waals surface area contributed by atoms with E-state index >= 15 is 0 Å². The van der Waals surface area contributed by atoms with Gasteiger partial charge in [-0.05, 0) is 153 Å².